The van der Waals surface area contributed by atoms with E-state index in [1.54, 1.807) is 6.07 Å². The van der Waals surface area contributed by atoms with Crippen molar-refractivity contribution in [3.05, 3.63) is 15.8 Å². The first-order valence-corrected chi connectivity index (χ1v) is 4.93. The van der Waals surface area contributed by atoms with E-state index < -0.39 is 5.97 Å². The Morgan fingerprint density at radius 3 is 2.85 bits per heavy atom. The minimum Gasteiger partial charge on any atom is -0.506 e. The van der Waals surface area contributed by atoms with Gasteiger partial charge in [-0.25, -0.2) is 4.79 Å². The molecule has 0 atom stereocenters. The first-order valence-electron chi connectivity index (χ1n) is 4.11. The van der Waals surface area contributed by atoms with Crippen molar-refractivity contribution in [2.75, 3.05) is 6.61 Å². The van der Waals surface area contributed by atoms with Crippen LogP contribution in [0.2, 0.25) is 0 Å². The Hall–Kier alpha value is -1.03. The van der Waals surface area contributed by atoms with E-state index in [9.17, 15) is 9.90 Å². The molecule has 0 saturated carbocycles. The number of hydrogen-bond donors (Lipinski definition) is 1. The normalized spacial score (nSPS) is 10.0. The van der Waals surface area contributed by atoms with Crippen LogP contribution in [-0.2, 0) is 4.74 Å². The van der Waals surface area contributed by atoms with E-state index in [1.807, 2.05) is 13.8 Å². The lowest BCUT2D eigenvalue weighted by molar-refractivity contribution is 0.0508. The molecule has 0 fully saturated rings. The monoisotopic (exact) mass is 200 g/mol. The van der Waals surface area contributed by atoms with Gasteiger partial charge in [-0.2, -0.15) is 0 Å². The van der Waals surface area contributed by atoms with Gasteiger partial charge in [-0.05, 0) is 19.4 Å². The van der Waals surface area contributed by atoms with Crippen LogP contribution in [0.3, 0.4) is 0 Å². The molecule has 1 rings (SSSR count). The molecule has 3 nitrogen and oxygen atoms in total. The number of ether oxygens (including phenoxy) is 1. The first-order chi connectivity index (χ1) is 6.15. The first kappa shape index (κ1) is 10.1. The highest BCUT2D eigenvalue weighted by atomic mass is 32.1. The van der Waals surface area contributed by atoms with Crippen LogP contribution >= 0.6 is 11.3 Å². The lowest BCUT2D eigenvalue weighted by atomic mass is 10.4. The van der Waals surface area contributed by atoms with Crippen molar-refractivity contribution in [1.29, 1.82) is 0 Å². The van der Waals surface area contributed by atoms with Crippen molar-refractivity contribution in [3.8, 4) is 5.75 Å². The van der Waals surface area contributed by atoms with E-state index in [0.717, 1.165) is 11.3 Å². The number of rotatable bonds is 3. The maximum absolute atomic E-state index is 11.3. The fourth-order valence-electron chi connectivity index (χ4n) is 0.907. The molecule has 0 spiro atoms. The molecule has 72 valence electrons. The third-order valence-corrected chi connectivity index (χ3v) is 2.48. The summed E-state index contributed by atoms with van der Waals surface area (Å²) >= 11 is 1.25. The predicted octanol–water partition coefficient (Wildman–Crippen LogP) is 2.33. The van der Waals surface area contributed by atoms with Crippen LogP contribution in [0.4, 0.5) is 0 Å². The van der Waals surface area contributed by atoms with Gasteiger partial charge in [0.15, 0.2) is 4.88 Å². The zero-order valence-electron chi connectivity index (χ0n) is 7.66. The van der Waals surface area contributed by atoms with Gasteiger partial charge in [0.05, 0.1) is 6.61 Å². The summed E-state index contributed by atoms with van der Waals surface area (Å²) in [5.41, 5.74) is 0. The standard InChI is InChI=1S/C9H12O3S/c1-3-4-12-9(11)8-7(10)5-6(2)13-8/h5,10H,3-4H2,1-2H3. The van der Waals surface area contributed by atoms with Crippen LogP contribution in [0.5, 0.6) is 5.75 Å². The molecule has 0 aliphatic heterocycles. The van der Waals surface area contributed by atoms with Crippen molar-refractivity contribution in [2.24, 2.45) is 0 Å². The number of carbonyl (C=O) groups excluding carboxylic acids is 1. The lowest BCUT2D eigenvalue weighted by Crippen LogP contribution is -2.03. The number of thiophene rings is 1. The molecule has 0 aliphatic rings. The summed E-state index contributed by atoms with van der Waals surface area (Å²) in [7, 11) is 0. The van der Waals surface area contributed by atoms with E-state index in [1.165, 1.54) is 11.3 Å². The number of hydrogen-bond acceptors (Lipinski definition) is 4. The Morgan fingerprint density at radius 2 is 2.38 bits per heavy atom. The third kappa shape index (κ3) is 2.45. The molecule has 4 heteroatoms. The maximum atomic E-state index is 11.3. The molecule has 0 aliphatic carbocycles. The van der Waals surface area contributed by atoms with Gasteiger partial charge in [0.1, 0.15) is 5.75 Å². The molecule has 1 heterocycles. The van der Waals surface area contributed by atoms with Crippen LogP contribution in [0.15, 0.2) is 6.07 Å². The van der Waals surface area contributed by atoms with Gasteiger partial charge >= 0.3 is 5.97 Å². The van der Waals surface area contributed by atoms with Crippen molar-refractivity contribution >= 4 is 17.3 Å². The largest absolute Gasteiger partial charge is 0.506 e. The Labute approximate surface area is 81.0 Å². The molecule has 0 amide bonds. The van der Waals surface area contributed by atoms with Crippen LogP contribution in [-0.4, -0.2) is 17.7 Å². The van der Waals surface area contributed by atoms with E-state index in [4.69, 9.17) is 4.74 Å². The van der Waals surface area contributed by atoms with Crippen LogP contribution in [0.1, 0.15) is 27.9 Å². The number of carbonyl (C=O) groups is 1. The van der Waals surface area contributed by atoms with Crippen molar-refractivity contribution in [2.45, 2.75) is 20.3 Å². The quantitative estimate of drug-likeness (QED) is 0.762. The predicted molar refractivity (Wildman–Crippen MR) is 51.3 cm³/mol. The maximum Gasteiger partial charge on any atom is 0.352 e. The molecular weight excluding hydrogens is 188 g/mol. The van der Waals surface area contributed by atoms with Gasteiger partial charge in [-0.1, -0.05) is 6.92 Å². The molecule has 0 bridgehead atoms. The summed E-state index contributed by atoms with van der Waals surface area (Å²) in [5.74, 6) is -0.416. The SMILES string of the molecule is CCCOC(=O)c1sc(C)cc1O. The highest BCUT2D eigenvalue weighted by Gasteiger charge is 2.15. The summed E-state index contributed by atoms with van der Waals surface area (Å²) in [5, 5.41) is 9.31. The topological polar surface area (TPSA) is 46.5 Å². The van der Waals surface area contributed by atoms with Gasteiger partial charge < -0.3 is 9.84 Å². The lowest BCUT2D eigenvalue weighted by Gasteiger charge is -1.99. The summed E-state index contributed by atoms with van der Waals surface area (Å²) in [6.45, 7) is 4.16. The number of aryl methyl sites for hydroxylation is 1. The second-order valence-corrected chi connectivity index (χ2v) is 3.96. The van der Waals surface area contributed by atoms with Crippen molar-refractivity contribution < 1.29 is 14.6 Å². The van der Waals surface area contributed by atoms with Crippen molar-refractivity contribution in [3.63, 3.8) is 0 Å². The number of esters is 1. The molecule has 1 aromatic heterocycles. The Bertz CT molecular complexity index is 304. The minimum atomic E-state index is -0.433. The van der Waals surface area contributed by atoms with Gasteiger partial charge in [0.2, 0.25) is 0 Å². The van der Waals surface area contributed by atoms with E-state index >= 15 is 0 Å². The Balaban J connectivity index is 2.70. The van der Waals surface area contributed by atoms with Crippen LogP contribution in [0, 0.1) is 6.92 Å². The summed E-state index contributed by atoms with van der Waals surface area (Å²) in [6, 6.07) is 1.56. The molecule has 1 N–H and O–H groups in total. The molecule has 13 heavy (non-hydrogen) atoms. The average Bonchev–Trinajstić information content (AvgIpc) is 2.41. The zero-order valence-corrected chi connectivity index (χ0v) is 8.48. The molecule has 0 aromatic carbocycles. The van der Waals surface area contributed by atoms with Gasteiger partial charge in [0, 0.05) is 4.88 Å². The third-order valence-electron chi connectivity index (χ3n) is 1.46. The summed E-state index contributed by atoms with van der Waals surface area (Å²) in [6.07, 6.45) is 0.789. The molecular formula is C9H12O3S. The summed E-state index contributed by atoms with van der Waals surface area (Å²) in [4.78, 5) is 12.5. The average molecular weight is 200 g/mol. The fourth-order valence-corrected chi connectivity index (χ4v) is 1.71. The summed E-state index contributed by atoms with van der Waals surface area (Å²) < 4.78 is 4.88. The molecule has 1 aromatic rings. The van der Waals surface area contributed by atoms with E-state index in [2.05, 4.69) is 0 Å². The molecule has 0 radical (unpaired) electrons. The van der Waals surface area contributed by atoms with E-state index in [-0.39, 0.29) is 5.75 Å². The Kier molecular flexibility index (Phi) is 3.31. The Morgan fingerprint density at radius 1 is 1.69 bits per heavy atom. The van der Waals surface area contributed by atoms with Crippen LogP contribution in [0.25, 0.3) is 0 Å². The second kappa shape index (κ2) is 4.28. The van der Waals surface area contributed by atoms with Crippen LogP contribution < -0.4 is 0 Å². The smallest absolute Gasteiger partial charge is 0.352 e. The van der Waals surface area contributed by atoms with Crippen molar-refractivity contribution in [1.82, 2.24) is 0 Å². The van der Waals surface area contributed by atoms with E-state index in [0.29, 0.717) is 11.5 Å². The second-order valence-electron chi connectivity index (χ2n) is 2.71. The van der Waals surface area contributed by atoms with Gasteiger partial charge in [-0.15, -0.1) is 11.3 Å². The fraction of sp³-hybridized carbons (Fsp3) is 0.444. The zero-order chi connectivity index (χ0) is 9.84. The molecule has 0 unspecified atom stereocenters. The van der Waals surface area contributed by atoms with Gasteiger partial charge in [0.25, 0.3) is 0 Å². The number of aromatic hydroxyl groups is 1. The molecule has 0 saturated heterocycles. The highest BCUT2D eigenvalue weighted by molar-refractivity contribution is 7.14. The highest BCUT2D eigenvalue weighted by Crippen LogP contribution is 2.27. The minimum absolute atomic E-state index is 0.0172. The van der Waals surface area contributed by atoms with Gasteiger partial charge in [-0.3, -0.25) is 0 Å².